The predicted molar refractivity (Wildman–Crippen MR) is 131 cm³/mol. The third kappa shape index (κ3) is 6.68. The largest absolute Gasteiger partial charge is 0.452 e. The van der Waals surface area contributed by atoms with E-state index < -0.39 is 28.5 Å². The lowest BCUT2D eigenvalue weighted by Gasteiger charge is -2.25. The summed E-state index contributed by atoms with van der Waals surface area (Å²) < 4.78 is 33.6. The van der Waals surface area contributed by atoms with Crippen LogP contribution < -0.4 is 9.62 Å². The van der Waals surface area contributed by atoms with E-state index in [0.29, 0.717) is 12.2 Å². The molecule has 0 aliphatic carbocycles. The maximum absolute atomic E-state index is 13.6. The van der Waals surface area contributed by atoms with E-state index in [1.807, 2.05) is 50.2 Å². The number of nitrogens with one attached hydrogen (secondary N) is 1. The van der Waals surface area contributed by atoms with Gasteiger partial charge in [0.25, 0.3) is 15.9 Å². The fourth-order valence-corrected chi connectivity index (χ4v) is 4.65. The van der Waals surface area contributed by atoms with Crippen LogP contribution in [0.25, 0.3) is 0 Å². The van der Waals surface area contributed by atoms with Gasteiger partial charge in [-0.1, -0.05) is 68.4 Å². The molecule has 0 spiro atoms. The van der Waals surface area contributed by atoms with E-state index in [1.165, 1.54) is 28.6 Å². The number of hydrogen-bond donors (Lipinski definition) is 1. The molecule has 8 heteroatoms. The van der Waals surface area contributed by atoms with E-state index in [4.69, 9.17) is 4.74 Å². The van der Waals surface area contributed by atoms with Gasteiger partial charge in [-0.3, -0.25) is 9.10 Å². The molecule has 1 N–H and O–H groups in total. The second kappa shape index (κ2) is 11.5. The van der Waals surface area contributed by atoms with Crippen molar-refractivity contribution in [3.05, 3.63) is 96.1 Å². The number of sulfonamides is 1. The molecule has 0 radical (unpaired) electrons. The van der Waals surface area contributed by atoms with Crippen molar-refractivity contribution in [2.24, 2.45) is 5.92 Å². The summed E-state index contributed by atoms with van der Waals surface area (Å²) in [7, 11) is -4.01. The topological polar surface area (TPSA) is 92.8 Å². The van der Waals surface area contributed by atoms with Crippen LogP contribution in [0.2, 0.25) is 0 Å². The fourth-order valence-electron chi connectivity index (χ4n) is 3.15. The van der Waals surface area contributed by atoms with Crippen LogP contribution in [0.15, 0.2) is 89.8 Å². The Balaban J connectivity index is 1.83. The summed E-state index contributed by atoms with van der Waals surface area (Å²) in [5.74, 6) is -0.917. The van der Waals surface area contributed by atoms with Crippen molar-refractivity contribution in [3.63, 3.8) is 0 Å². The van der Waals surface area contributed by atoms with Crippen LogP contribution in [0.3, 0.4) is 0 Å². The van der Waals surface area contributed by atoms with E-state index in [-0.39, 0.29) is 22.9 Å². The van der Waals surface area contributed by atoms with E-state index in [2.05, 4.69) is 5.32 Å². The molecule has 7 nitrogen and oxygen atoms in total. The van der Waals surface area contributed by atoms with Crippen molar-refractivity contribution < 1.29 is 22.7 Å². The predicted octanol–water partition coefficient (Wildman–Crippen LogP) is 4.01. The van der Waals surface area contributed by atoms with Gasteiger partial charge in [0.2, 0.25) is 0 Å². The molecule has 1 amide bonds. The standard InChI is InChI=1S/C26H28N2O5S/c1-20(2)17-27-25(29)19-33-26(30)22-12-9-15-24(16-22)34(31,32)28(23-13-7-4-8-14-23)18-21-10-5-3-6-11-21/h3-16,20H,17-19H2,1-2H3,(H,27,29). The zero-order valence-corrected chi connectivity index (χ0v) is 20.0. The summed E-state index contributed by atoms with van der Waals surface area (Å²) in [4.78, 5) is 24.3. The van der Waals surface area contributed by atoms with Crippen molar-refractivity contribution in [2.75, 3.05) is 17.5 Å². The van der Waals surface area contributed by atoms with Crippen molar-refractivity contribution in [1.82, 2.24) is 5.32 Å². The molecule has 0 aromatic heterocycles. The number of ether oxygens (including phenoxy) is 1. The number of para-hydroxylation sites is 1. The highest BCUT2D eigenvalue weighted by molar-refractivity contribution is 7.92. The Morgan fingerprint density at radius 1 is 0.912 bits per heavy atom. The Morgan fingerprint density at radius 2 is 1.56 bits per heavy atom. The number of carbonyl (C=O) groups excluding carboxylic acids is 2. The van der Waals surface area contributed by atoms with Gasteiger partial charge in [-0.05, 0) is 41.8 Å². The molecule has 34 heavy (non-hydrogen) atoms. The first kappa shape index (κ1) is 25.0. The van der Waals surface area contributed by atoms with E-state index in [1.54, 1.807) is 24.3 Å². The molecule has 0 saturated carbocycles. The molecule has 3 aromatic carbocycles. The Kier molecular flexibility index (Phi) is 8.43. The minimum absolute atomic E-state index is 0.0467. The summed E-state index contributed by atoms with van der Waals surface area (Å²) >= 11 is 0. The molecule has 0 fully saturated rings. The number of benzene rings is 3. The number of rotatable bonds is 10. The van der Waals surface area contributed by atoms with Crippen LogP contribution in [-0.2, 0) is 26.1 Å². The Morgan fingerprint density at radius 3 is 2.21 bits per heavy atom. The maximum Gasteiger partial charge on any atom is 0.338 e. The molecule has 0 heterocycles. The number of hydrogen-bond acceptors (Lipinski definition) is 5. The fraction of sp³-hybridized carbons (Fsp3) is 0.231. The number of esters is 1. The molecule has 0 aliphatic heterocycles. The molecule has 3 rings (SSSR count). The quantitative estimate of drug-likeness (QED) is 0.443. The highest BCUT2D eigenvalue weighted by atomic mass is 32.2. The lowest BCUT2D eigenvalue weighted by Crippen LogP contribution is -2.32. The van der Waals surface area contributed by atoms with Gasteiger partial charge in [-0.25, -0.2) is 13.2 Å². The molecule has 0 saturated heterocycles. The van der Waals surface area contributed by atoms with Crippen molar-refractivity contribution in [1.29, 1.82) is 0 Å². The summed E-state index contributed by atoms with van der Waals surface area (Å²) in [6, 6.07) is 23.7. The molecule has 0 atom stereocenters. The highest BCUT2D eigenvalue weighted by Crippen LogP contribution is 2.26. The van der Waals surface area contributed by atoms with Gasteiger partial charge in [0.1, 0.15) is 0 Å². The van der Waals surface area contributed by atoms with E-state index >= 15 is 0 Å². The van der Waals surface area contributed by atoms with Crippen LogP contribution in [-0.4, -0.2) is 33.4 Å². The van der Waals surface area contributed by atoms with Crippen molar-refractivity contribution in [2.45, 2.75) is 25.3 Å². The van der Waals surface area contributed by atoms with Gasteiger partial charge in [-0.15, -0.1) is 0 Å². The Hall–Kier alpha value is -3.65. The number of carbonyl (C=O) groups is 2. The number of amides is 1. The molecular formula is C26H28N2O5S. The van der Waals surface area contributed by atoms with E-state index in [0.717, 1.165) is 5.56 Å². The average Bonchev–Trinajstić information content (AvgIpc) is 2.85. The normalized spacial score (nSPS) is 11.1. The van der Waals surface area contributed by atoms with Crippen molar-refractivity contribution in [3.8, 4) is 0 Å². The summed E-state index contributed by atoms with van der Waals surface area (Å²) in [6.45, 7) is 4.06. The van der Waals surface area contributed by atoms with Crippen LogP contribution in [0.1, 0.15) is 29.8 Å². The van der Waals surface area contributed by atoms with Crippen LogP contribution in [0, 0.1) is 5.92 Å². The average molecular weight is 481 g/mol. The summed E-state index contributed by atoms with van der Waals surface area (Å²) in [5, 5.41) is 2.66. The number of nitrogens with zero attached hydrogens (tertiary/aromatic N) is 1. The lowest BCUT2D eigenvalue weighted by molar-refractivity contribution is -0.124. The minimum atomic E-state index is -4.01. The van der Waals surface area contributed by atoms with Gasteiger partial charge in [0.15, 0.2) is 6.61 Å². The first-order chi connectivity index (χ1) is 16.3. The number of anilines is 1. The first-order valence-electron chi connectivity index (χ1n) is 10.9. The molecule has 178 valence electrons. The SMILES string of the molecule is CC(C)CNC(=O)COC(=O)c1cccc(S(=O)(=O)N(Cc2ccccc2)c2ccccc2)c1. The van der Waals surface area contributed by atoms with Crippen LogP contribution >= 0.6 is 0 Å². The van der Waals surface area contributed by atoms with Gasteiger partial charge in [-0.2, -0.15) is 0 Å². The maximum atomic E-state index is 13.6. The molecule has 0 bridgehead atoms. The second-order valence-corrected chi connectivity index (χ2v) is 10.00. The van der Waals surface area contributed by atoms with Crippen LogP contribution in [0.5, 0.6) is 0 Å². The Labute approximate surface area is 200 Å². The smallest absolute Gasteiger partial charge is 0.338 e. The molecule has 0 unspecified atom stereocenters. The van der Waals surface area contributed by atoms with Gasteiger partial charge >= 0.3 is 5.97 Å². The Bertz CT molecular complexity index is 1210. The molecule has 3 aromatic rings. The van der Waals surface area contributed by atoms with E-state index in [9.17, 15) is 18.0 Å². The van der Waals surface area contributed by atoms with Gasteiger partial charge < -0.3 is 10.1 Å². The third-order valence-electron chi connectivity index (χ3n) is 4.91. The van der Waals surface area contributed by atoms with Gasteiger partial charge in [0, 0.05) is 6.54 Å². The zero-order chi connectivity index (χ0) is 24.6. The minimum Gasteiger partial charge on any atom is -0.452 e. The molecular weight excluding hydrogens is 452 g/mol. The second-order valence-electron chi connectivity index (χ2n) is 8.13. The van der Waals surface area contributed by atoms with Crippen molar-refractivity contribution >= 4 is 27.6 Å². The summed E-state index contributed by atoms with van der Waals surface area (Å²) in [5.41, 5.74) is 1.37. The lowest BCUT2D eigenvalue weighted by atomic mass is 10.2. The van der Waals surface area contributed by atoms with Gasteiger partial charge in [0.05, 0.1) is 22.7 Å². The highest BCUT2D eigenvalue weighted by Gasteiger charge is 2.26. The third-order valence-corrected chi connectivity index (χ3v) is 6.68. The molecule has 0 aliphatic rings. The van der Waals surface area contributed by atoms with Crippen LogP contribution in [0.4, 0.5) is 5.69 Å². The zero-order valence-electron chi connectivity index (χ0n) is 19.2. The first-order valence-corrected chi connectivity index (χ1v) is 12.4. The summed E-state index contributed by atoms with van der Waals surface area (Å²) in [6.07, 6.45) is 0. The monoisotopic (exact) mass is 480 g/mol.